The summed E-state index contributed by atoms with van der Waals surface area (Å²) >= 11 is 4.13. The van der Waals surface area contributed by atoms with Gasteiger partial charge < -0.3 is 10.0 Å². The SMILES string of the molecule is C[C@H]1C(S)=C(C(=O)O)N2C(=O)CC12. The number of hydrogen-bond acceptors (Lipinski definition) is 3. The average Bonchev–Trinajstić information content (AvgIpc) is 2.24. The standard InChI is InChI=1S/C8H9NO3S/c1-3-4-2-5(10)9(4)6(7(3)13)8(11)12/h3-4,13H,2H2,1H3,(H,11,12)/t3-,4?/m1/s1. The minimum atomic E-state index is -1.06. The summed E-state index contributed by atoms with van der Waals surface area (Å²) in [5, 5.41) is 8.84. The number of carbonyl (C=O) groups excluding carboxylic acids is 1. The molecule has 2 aliphatic heterocycles. The van der Waals surface area contributed by atoms with E-state index in [4.69, 9.17) is 5.11 Å². The van der Waals surface area contributed by atoms with Crippen molar-refractivity contribution in [3.63, 3.8) is 0 Å². The first-order chi connectivity index (χ1) is 6.04. The van der Waals surface area contributed by atoms with Crippen molar-refractivity contribution in [1.82, 2.24) is 4.90 Å². The molecule has 13 heavy (non-hydrogen) atoms. The summed E-state index contributed by atoms with van der Waals surface area (Å²) in [6.07, 6.45) is 0.446. The van der Waals surface area contributed by atoms with E-state index < -0.39 is 5.97 Å². The Labute approximate surface area is 80.6 Å². The summed E-state index contributed by atoms with van der Waals surface area (Å²) in [7, 11) is 0. The van der Waals surface area contributed by atoms with E-state index in [0.29, 0.717) is 11.3 Å². The Morgan fingerprint density at radius 1 is 1.69 bits per heavy atom. The number of β-lactam (4-membered cyclic amide) rings is 1. The van der Waals surface area contributed by atoms with Crippen molar-refractivity contribution in [1.29, 1.82) is 0 Å². The van der Waals surface area contributed by atoms with E-state index in [0.717, 1.165) is 0 Å². The van der Waals surface area contributed by atoms with Gasteiger partial charge in [0.2, 0.25) is 5.91 Å². The van der Waals surface area contributed by atoms with E-state index in [1.807, 2.05) is 6.92 Å². The van der Waals surface area contributed by atoms with Crippen LogP contribution >= 0.6 is 12.6 Å². The highest BCUT2D eigenvalue weighted by atomic mass is 32.1. The van der Waals surface area contributed by atoms with Gasteiger partial charge >= 0.3 is 5.97 Å². The van der Waals surface area contributed by atoms with Gasteiger partial charge in [-0.3, -0.25) is 4.79 Å². The van der Waals surface area contributed by atoms with Crippen LogP contribution in [0.4, 0.5) is 0 Å². The quantitative estimate of drug-likeness (QED) is 0.476. The molecule has 0 saturated carbocycles. The molecule has 0 spiro atoms. The average molecular weight is 199 g/mol. The highest BCUT2D eigenvalue weighted by molar-refractivity contribution is 7.84. The predicted molar refractivity (Wildman–Crippen MR) is 48.1 cm³/mol. The van der Waals surface area contributed by atoms with Crippen molar-refractivity contribution >= 4 is 24.5 Å². The van der Waals surface area contributed by atoms with Crippen LogP contribution in [0.1, 0.15) is 13.3 Å². The lowest BCUT2D eigenvalue weighted by molar-refractivity contribution is -0.148. The minimum absolute atomic E-state index is 0.0334. The molecule has 4 nitrogen and oxygen atoms in total. The molecule has 2 rings (SSSR count). The number of fused-ring (bicyclic) bond motifs is 1. The minimum Gasteiger partial charge on any atom is -0.477 e. The van der Waals surface area contributed by atoms with Gasteiger partial charge in [0.25, 0.3) is 0 Å². The normalized spacial score (nSPS) is 31.8. The third-order valence-corrected chi connectivity index (χ3v) is 3.30. The van der Waals surface area contributed by atoms with E-state index in [1.54, 1.807) is 0 Å². The van der Waals surface area contributed by atoms with Gasteiger partial charge in [0.05, 0.1) is 6.04 Å². The van der Waals surface area contributed by atoms with Gasteiger partial charge in [0, 0.05) is 17.2 Å². The third-order valence-electron chi connectivity index (χ3n) is 2.68. The van der Waals surface area contributed by atoms with Crippen LogP contribution in [0.5, 0.6) is 0 Å². The van der Waals surface area contributed by atoms with Crippen LogP contribution in [-0.4, -0.2) is 27.9 Å². The first kappa shape index (κ1) is 8.62. The molecule has 5 heteroatoms. The van der Waals surface area contributed by atoms with E-state index in [9.17, 15) is 9.59 Å². The molecule has 0 radical (unpaired) electrons. The Morgan fingerprint density at radius 2 is 2.31 bits per heavy atom. The molecule has 0 aromatic carbocycles. The van der Waals surface area contributed by atoms with Crippen LogP contribution in [0.15, 0.2) is 10.6 Å². The molecule has 1 saturated heterocycles. The zero-order valence-corrected chi connectivity index (χ0v) is 7.91. The van der Waals surface area contributed by atoms with Gasteiger partial charge in [0.1, 0.15) is 5.70 Å². The highest BCUT2D eigenvalue weighted by Crippen LogP contribution is 2.43. The van der Waals surface area contributed by atoms with Crippen LogP contribution in [0.3, 0.4) is 0 Å². The topological polar surface area (TPSA) is 57.6 Å². The Balaban J connectivity index is 2.41. The zero-order chi connectivity index (χ0) is 9.75. The summed E-state index contributed by atoms with van der Waals surface area (Å²) < 4.78 is 0. The molecular weight excluding hydrogens is 190 g/mol. The number of aliphatic carboxylic acids is 1. The zero-order valence-electron chi connectivity index (χ0n) is 7.02. The van der Waals surface area contributed by atoms with Gasteiger partial charge in [-0.05, 0) is 0 Å². The van der Waals surface area contributed by atoms with E-state index in [-0.39, 0.29) is 23.6 Å². The summed E-state index contributed by atoms with van der Waals surface area (Å²) in [4.78, 5) is 23.8. The molecule has 2 atom stereocenters. The lowest BCUT2D eigenvalue weighted by atomic mass is 9.94. The number of carboxylic acids is 1. The largest absolute Gasteiger partial charge is 0.477 e. The number of amides is 1. The van der Waals surface area contributed by atoms with Crippen LogP contribution in [0.2, 0.25) is 0 Å². The van der Waals surface area contributed by atoms with Crippen LogP contribution < -0.4 is 0 Å². The van der Waals surface area contributed by atoms with Crippen LogP contribution in [0.25, 0.3) is 0 Å². The maximum absolute atomic E-state index is 11.1. The molecule has 0 aliphatic carbocycles. The van der Waals surface area contributed by atoms with Crippen molar-refractivity contribution in [3.05, 3.63) is 10.6 Å². The highest BCUT2D eigenvalue weighted by Gasteiger charge is 2.50. The molecule has 1 unspecified atom stereocenters. The number of thiol groups is 1. The van der Waals surface area contributed by atoms with E-state index in [1.165, 1.54) is 4.90 Å². The number of hydrogen-bond donors (Lipinski definition) is 2. The summed E-state index contributed by atoms with van der Waals surface area (Å²) in [5.41, 5.74) is 0.0667. The molecule has 1 amide bonds. The fourth-order valence-corrected chi connectivity index (χ4v) is 2.24. The number of rotatable bonds is 1. The summed E-state index contributed by atoms with van der Waals surface area (Å²) in [6.45, 7) is 1.89. The Bertz CT molecular complexity index is 336. The second kappa shape index (κ2) is 2.51. The molecule has 0 aromatic rings. The van der Waals surface area contributed by atoms with Gasteiger partial charge in [-0.25, -0.2) is 4.79 Å². The van der Waals surface area contributed by atoms with E-state index >= 15 is 0 Å². The maximum atomic E-state index is 11.1. The molecule has 1 N–H and O–H groups in total. The first-order valence-electron chi connectivity index (χ1n) is 4.02. The predicted octanol–water partition coefficient (Wildman–Crippen LogP) is 0.463. The van der Waals surface area contributed by atoms with Gasteiger partial charge in [0.15, 0.2) is 0 Å². The smallest absolute Gasteiger partial charge is 0.353 e. The third kappa shape index (κ3) is 0.934. The molecular formula is C8H9NO3S. The fraction of sp³-hybridized carbons (Fsp3) is 0.500. The van der Waals surface area contributed by atoms with E-state index in [2.05, 4.69) is 12.6 Å². The lowest BCUT2D eigenvalue weighted by Gasteiger charge is -2.37. The molecule has 70 valence electrons. The van der Waals surface area contributed by atoms with Gasteiger partial charge in [-0.1, -0.05) is 6.92 Å². The first-order valence-corrected chi connectivity index (χ1v) is 4.47. The maximum Gasteiger partial charge on any atom is 0.353 e. The van der Waals surface area contributed by atoms with Crippen LogP contribution in [0, 0.1) is 5.92 Å². The van der Waals surface area contributed by atoms with Crippen molar-refractivity contribution < 1.29 is 14.7 Å². The molecule has 0 bridgehead atoms. The van der Waals surface area contributed by atoms with Crippen molar-refractivity contribution in [2.75, 3.05) is 0 Å². The Hall–Kier alpha value is -0.970. The van der Waals surface area contributed by atoms with Crippen LogP contribution in [-0.2, 0) is 9.59 Å². The van der Waals surface area contributed by atoms with Gasteiger partial charge in [-0.15, -0.1) is 12.6 Å². The monoisotopic (exact) mass is 199 g/mol. The molecule has 2 heterocycles. The fourth-order valence-electron chi connectivity index (χ4n) is 1.87. The van der Waals surface area contributed by atoms with Crippen molar-refractivity contribution in [3.8, 4) is 0 Å². The number of nitrogens with zero attached hydrogens (tertiary/aromatic N) is 1. The van der Waals surface area contributed by atoms with Gasteiger partial charge in [-0.2, -0.15) is 0 Å². The van der Waals surface area contributed by atoms with Crippen molar-refractivity contribution in [2.45, 2.75) is 19.4 Å². The molecule has 0 aromatic heterocycles. The summed E-state index contributed by atoms with van der Waals surface area (Å²) in [6, 6.07) is 0.0334. The molecule has 2 aliphatic rings. The number of carboxylic acid groups (broad SMARTS) is 1. The summed E-state index contributed by atoms with van der Waals surface area (Å²) in [5.74, 6) is -1.11. The Morgan fingerprint density at radius 3 is 2.69 bits per heavy atom. The van der Waals surface area contributed by atoms with Crippen molar-refractivity contribution in [2.24, 2.45) is 5.92 Å². The molecule has 1 fully saturated rings. The Kier molecular flexibility index (Phi) is 1.66. The lowest BCUT2D eigenvalue weighted by Crippen LogP contribution is -2.51. The second-order valence-corrected chi connectivity index (χ2v) is 3.84. The number of carbonyl (C=O) groups is 2. The second-order valence-electron chi connectivity index (χ2n) is 3.36.